The smallest absolute Gasteiger partial charge is 0.263 e. The number of anilines is 1. The van der Waals surface area contributed by atoms with Gasteiger partial charge in [-0.1, -0.05) is 36.4 Å². The fraction of sp³-hybridized carbons (Fsp3) is 0.310. The van der Waals surface area contributed by atoms with Gasteiger partial charge in [0.15, 0.2) is 17.0 Å². The van der Waals surface area contributed by atoms with Crippen LogP contribution in [0, 0.1) is 13.8 Å². The summed E-state index contributed by atoms with van der Waals surface area (Å²) in [6.45, 7) is 6.00. The number of hydrogen-bond donors (Lipinski definition) is 0. The van der Waals surface area contributed by atoms with Crippen molar-refractivity contribution in [2.24, 2.45) is 0 Å². The highest BCUT2D eigenvalue weighted by atomic mass is 16.5. The topological polar surface area (TPSA) is 78.1 Å². The standard InChI is InChI=1S/C29H30N6O2/c1-19-7-4-5-10-24(19)35-23(15-21-9-6-8-20(2)25(21)29(35)36)16-33(3)27-26-28(31-17-30-27)34(18-32-26)22-11-13-37-14-12-22/h4-10,15,17-18,22H,11-14,16H2,1-3H3. The van der Waals surface area contributed by atoms with Gasteiger partial charge in [-0.15, -0.1) is 0 Å². The molecule has 37 heavy (non-hydrogen) atoms. The first-order valence-electron chi connectivity index (χ1n) is 12.7. The maximum Gasteiger partial charge on any atom is 0.263 e. The van der Waals surface area contributed by atoms with E-state index in [4.69, 9.17) is 9.72 Å². The molecule has 4 heterocycles. The molecule has 0 atom stereocenters. The lowest BCUT2D eigenvalue weighted by atomic mass is 10.1. The zero-order valence-corrected chi connectivity index (χ0v) is 21.4. The fourth-order valence-corrected chi connectivity index (χ4v) is 5.45. The van der Waals surface area contributed by atoms with Crippen molar-refractivity contribution in [3.63, 3.8) is 0 Å². The van der Waals surface area contributed by atoms with Gasteiger partial charge in [0.25, 0.3) is 5.56 Å². The molecule has 8 nitrogen and oxygen atoms in total. The number of ether oxygens (including phenoxy) is 1. The molecule has 6 rings (SSSR count). The number of aromatic nitrogens is 5. The van der Waals surface area contributed by atoms with Crippen LogP contribution >= 0.6 is 0 Å². The van der Waals surface area contributed by atoms with Crippen LogP contribution in [-0.4, -0.2) is 44.3 Å². The van der Waals surface area contributed by atoms with Crippen molar-refractivity contribution < 1.29 is 4.74 Å². The summed E-state index contributed by atoms with van der Waals surface area (Å²) in [7, 11) is 1.99. The Kier molecular flexibility index (Phi) is 5.96. The Morgan fingerprint density at radius 3 is 2.59 bits per heavy atom. The molecule has 0 bridgehead atoms. The molecule has 0 amide bonds. The fourth-order valence-electron chi connectivity index (χ4n) is 5.45. The molecule has 0 saturated carbocycles. The number of para-hydroxylation sites is 1. The van der Waals surface area contributed by atoms with Crippen LogP contribution < -0.4 is 10.5 Å². The Morgan fingerprint density at radius 2 is 1.78 bits per heavy atom. The van der Waals surface area contributed by atoms with Crippen molar-refractivity contribution >= 4 is 27.8 Å². The summed E-state index contributed by atoms with van der Waals surface area (Å²) in [4.78, 5) is 29.9. The molecule has 2 aromatic carbocycles. The lowest BCUT2D eigenvalue weighted by Gasteiger charge is -2.24. The van der Waals surface area contributed by atoms with E-state index in [1.165, 1.54) is 0 Å². The molecular formula is C29H30N6O2. The van der Waals surface area contributed by atoms with E-state index in [1.54, 1.807) is 6.33 Å². The van der Waals surface area contributed by atoms with Gasteiger partial charge in [-0.05, 0) is 55.3 Å². The highest BCUT2D eigenvalue weighted by Crippen LogP contribution is 2.29. The number of hydrogen-bond acceptors (Lipinski definition) is 6. The monoisotopic (exact) mass is 494 g/mol. The first kappa shape index (κ1) is 23.4. The number of benzene rings is 2. The maximum absolute atomic E-state index is 13.9. The van der Waals surface area contributed by atoms with Crippen molar-refractivity contribution in [2.75, 3.05) is 25.2 Å². The van der Waals surface area contributed by atoms with Gasteiger partial charge in [0, 0.05) is 32.0 Å². The molecule has 5 aromatic rings. The van der Waals surface area contributed by atoms with Crippen LogP contribution in [0.2, 0.25) is 0 Å². The van der Waals surface area contributed by atoms with Crippen LogP contribution in [0.15, 0.2) is 66.0 Å². The molecular weight excluding hydrogens is 464 g/mol. The summed E-state index contributed by atoms with van der Waals surface area (Å²) in [5.41, 5.74) is 5.37. The second-order valence-electron chi connectivity index (χ2n) is 9.82. The predicted molar refractivity (Wildman–Crippen MR) is 146 cm³/mol. The Balaban J connectivity index is 1.46. The minimum atomic E-state index is -0.00932. The zero-order chi connectivity index (χ0) is 25.5. The third-order valence-corrected chi connectivity index (χ3v) is 7.37. The first-order chi connectivity index (χ1) is 18.0. The summed E-state index contributed by atoms with van der Waals surface area (Å²) in [5.74, 6) is 0.740. The number of aryl methyl sites for hydroxylation is 2. The molecule has 0 N–H and O–H groups in total. The van der Waals surface area contributed by atoms with E-state index in [2.05, 4.69) is 25.5 Å². The van der Waals surface area contributed by atoms with E-state index in [1.807, 2.05) is 74.3 Å². The number of imidazole rings is 1. The normalized spacial score (nSPS) is 14.5. The number of pyridine rings is 1. The Hall–Kier alpha value is -4.04. The van der Waals surface area contributed by atoms with Crippen molar-refractivity contribution in [2.45, 2.75) is 39.3 Å². The van der Waals surface area contributed by atoms with Crippen molar-refractivity contribution in [3.8, 4) is 5.69 Å². The molecule has 8 heteroatoms. The molecule has 0 unspecified atom stereocenters. The van der Waals surface area contributed by atoms with Gasteiger partial charge in [-0.2, -0.15) is 0 Å². The van der Waals surface area contributed by atoms with Crippen molar-refractivity contribution in [1.82, 2.24) is 24.1 Å². The van der Waals surface area contributed by atoms with E-state index in [0.29, 0.717) is 12.6 Å². The number of nitrogens with zero attached hydrogens (tertiary/aromatic N) is 6. The Bertz CT molecular complexity index is 1660. The van der Waals surface area contributed by atoms with Gasteiger partial charge in [-0.3, -0.25) is 9.36 Å². The SMILES string of the molecule is Cc1ccccc1-n1c(CN(C)c2ncnc3c2ncn3C2CCOCC2)cc2cccc(C)c2c1=O. The van der Waals surface area contributed by atoms with E-state index < -0.39 is 0 Å². The summed E-state index contributed by atoms with van der Waals surface area (Å²) in [6, 6.07) is 16.4. The predicted octanol–water partition coefficient (Wildman–Crippen LogP) is 4.74. The highest BCUT2D eigenvalue weighted by Gasteiger charge is 2.22. The van der Waals surface area contributed by atoms with Crippen molar-refractivity contribution in [1.29, 1.82) is 0 Å². The zero-order valence-electron chi connectivity index (χ0n) is 21.4. The summed E-state index contributed by atoms with van der Waals surface area (Å²) in [6.07, 6.45) is 5.36. The van der Waals surface area contributed by atoms with Gasteiger partial charge in [0.1, 0.15) is 6.33 Å². The van der Waals surface area contributed by atoms with Crippen LogP contribution in [0.3, 0.4) is 0 Å². The number of rotatable bonds is 5. The minimum absolute atomic E-state index is 0.00932. The second-order valence-corrected chi connectivity index (χ2v) is 9.82. The molecule has 0 aliphatic carbocycles. The molecule has 0 spiro atoms. The highest BCUT2D eigenvalue weighted by molar-refractivity contribution is 5.86. The molecule has 3 aromatic heterocycles. The summed E-state index contributed by atoms with van der Waals surface area (Å²) >= 11 is 0. The average molecular weight is 495 g/mol. The molecule has 1 aliphatic heterocycles. The lowest BCUT2D eigenvalue weighted by molar-refractivity contribution is 0.0704. The largest absolute Gasteiger partial charge is 0.381 e. The van der Waals surface area contributed by atoms with E-state index in [9.17, 15) is 4.79 Å². The number of fused-ring (bicyclic) bond motifs is 2. The summed E-state index contributed by atoms with van der Waals surface area (Å²) in [5, 5.41) is 1.69. The van der Waals surface area contributed by atoms with Gasteiger partial charge in [-0.25, -0.2) is 15.0 Å². The van der Waals surface area contributed by atoms with Gasteiger partial charge in [0.05, 0.1) is 23.9 Å². The Morgan fingerprint density at radius 1 is 1.00 bits per heavy atom. The van der Waals surface area contributed by atoms with E-state index in [0.717, 1.165) is 76.3 Å². The van der Waals surface area contributed by atoms with Gasteiger partial charge in [0.2, 0.25) is 0 Å². The molecule has 188 valence electrons. The quantitative estimate of drug-likeness (QED) is 0.351. The second kappa shape index (κ2) is 9.44. The molecule has 1 fully saturated rings. The van der Waals surface area contributed by atoms with Crippen LogP contribution in [-0.2, 0) is 11.3 Å². The van der Waals surface area contributed by atoms with Crippen LogP contribution in [0.1, 0.15) is 35.7 Å². The van der Waals surface area contributed by atoms with E-state index >= 15 is 0 Å². The summed E-state index contributed by atoms with van der Waals surface area (Å²) < 4.78 is 9.54. The average Bonchev–Trinajstić information content (AvgIpc) is 3.34. The van der Waals surface area contributed by atoms with Gasteiger partial charge < -0.3 is 14.2 Å². The van der Waals surface area contributed by atoms with Crippen LogP contribution in [0.5, 0.6) is 0 Å². The molecule has 0 radical (unpaired) electrons. The molecule has 1 saturated heterocycles. The molecule has 1 aliphatic rings. The maximum atomic E-state index is 13.9. The van der Waals surface area contributed by atoms with Gasteiger partial charge >= 0.3 is 0 Å². The van der Waals surface area contributed by atoms with Crippen LogP contribution in [0.4, 0.5) is 5.82 Å². The lowest BCUT2D eigenvalue weighted by Crippen LogP contribution is -2.28. The van der Waals surface area contributed by atoms with E-state index in [-0.39, 0.29) is 5.56 Å². The Labute approximate surface area is 215 Å². The first-order valence-corrected chi connectivity index (χ1v) is 12.7. The third kappa shape index (κ3) is 4.07. The minimum Gasteiger partial charge on any atom is -0.381 e. The third-order valence-electron chi connectivity index (χ3n) is 7.37. The van der Waals surface area contributed by atoms with Crippen molar-refractivity contribution in [3.05, 3.63) is 88.4 Å². The van der Waals surface area contributed by atoms with Crippen LogP contribution in [0.25, 0.3) is 27.6 Å².